The first-order valence-corrected chi connectivity index (χ1v) is 7.35. The van der Waals surface area contributed by atoms with Gasteiger partial charge in [0.15, 0.2) is 0 Å². The number of hydrogen-bond acceptors (Lipinski definition) is 4. The Morgan fingerprint density at radius 3 is 2.61 bits per heavy atom. The molecular weight excluding hydrogens is 254 g/mol. The Morgan fingerprint density at radius 2 is 2.11 bits per heavy atom. The van der Waals surface area contributed by atoms with Crippen LogP contribution >= 0.6 is 11.8 Å². The molecule has 0 aromatic heterocycles. The van der Waals surface area contributed by atoms with Gasteiger partial charge in [-0.2, -0.15) is 0 Å². The number of carboxylic acids is 1. The van der Waals surface area contributed by atoms with Gasteiger partial charge < -0.3 is 9.84 Å². The molecule has 2 fully saturated rings. The van der Waals surface area contributed by atoms with Crippen LogP contribution in [0.4, 0.5) is 4.79 Å². The molecule has 5 nitrogen and oxygen atoms in total. The lowest BCUT2D eigenvalue weighted by atomic mass is 10.2. The van der Waals surface area contributed by atoms with Crippen LogP contribution in [0.1, 0.15) is 26.7 Å². The minimum absolute atomic E-state index is 0.00855. The molecule has 1 amide bonds. The molecule has 18 heavy (non-hydrogen) atoms. The number of thioether (sulfide) groups is 1. The summed E-state index contributed by atoms with van der Waals surface area (Å²) in [5.74, 6) is 0.234. The first-order chi connectivity index (χ1) is 8.50. The van der Waals surface area contributed by atoms with E-state index in [4.69, 9.17) is 9.84 Å². The number of carbonyl (C=O) groups excluding carboxylic acids is 1. The molecule has 2 aliphatic rings. The summed E-state index contributed by atoms with van der Waals surface area (Å²) in [6.45, 7) is 4.25. The number of rotatable bonds is 4. The number of ether oxygens (including phenoxy) is 1. The number of nitrogens with zero attached hydrogens (tertiary/aromatic N) is 1. The van der Waals surface area contributed by atoms with E-state index < -0.39 is 18.1 Å². The van der Waals surface area contributed by atoms with Crippen molar-refractivity contribution in [3.8, 4) is 0 Å². The van der Waals surface area contributed by atoms with Crippen LogP contribution in [0.15, 0.2) is 0 Å². The van der Waals surface area contributed by atoms with Crippen LogP contribution < -0.4 is 0 Å². The van der Waals surface area contributed by atoms with E-state index in [0.717, 1.165) is 12.8 Å². The summed E-state index contributed by atoms with van der Waals surface area (Å²) in [7, 11) is 0. The van der Waals surface area contributed by atoms with Gasteiger partial charge in [0.2, 0.25) is 0 Å². The fraction of sp³-hybridized carbons (Fsp3) is 0.833. The zero-order valence-electron chi connectivity index (χ0n) is 10.7. The van der Waals surface area contributed by atoms with Crippen LogP contribution in [-0.2, 0) is 9.53 Å². The maximum atomic E-state index is 12.0. The maximum absolute atomic E-state index is 12.0. The summed E-state index contributed by atoms with van der Waals surface area (Å²) in [5.41, 5.74) is 0. The number of carbonyl (C=O) groups is 2. The van der Waals surface area contributed by atoms with Crippen LogP contribution in [0.25, 0.3) is 0 Å². The standard InChI is InChI=1S/C12H19NO4S/c1-7(2)5-17-12(16)13-9(11(14)15)6-18-10(13)8-3-4-8/h7-10H,3-6H2,1-2H3,(H,14,15). The molecule has 102 valence electrons. The molecule has 2 rings (SSSR count). The highest BCUT2D eigenvalue weighted by molar-refractivity contribution is 8.00. The van der Waals surface area contributed by atoms with Crippen LogP contribution in [0.5, 0.6) is 0 Å². The minimum Gasteiger partial charge on any atom is -0.480 e. The van der Waals surface area contributed by atoms with E-state index >= 15 is 0 Å². The average Bonchev–Trinajstić information content (AvgIpc) is 3.04. The van der Waals surface area contributed by atoms with Crippen LogP contribution in [0.3, 0.4) is 0 Å². The molecule has 0 aromatic carbocycles. The first-order valence-electron chi connectivity index (χ1n) is 6.30. The summed E-state index contributed by atoms with van der Waals surface area (Å²) >= 11 is 1.56. The monoisotopic (exact) mass is 273 g/mol. The molecule has 1 saturated heterocycles. The van der Waals surface area contributed by atoms with Crippen molar-refractivity contribution < 1.29 is 19.4 Å². The number of aliphatic carboxylic acids is 1. The summed E-state index contributed by atoms with van der Waals surface area (Å²) in [6, 6.07) is -0.736. The highest BCUT2D eigenvalue weighted by atomic mass is 32.2. The van der Waals surface area contributed by atoms with E-state index in [1.54, 1.807) is 11.8 Å². The van der Waals surface area contributed by atoms with Crippen molar-refractivity contribution in [3.05, 3.63) is 0 Å². The summed E-state index contributed by atoms with van der Waals surface area (Å²) in [5, 5.41) is 9.16. The quantitative estimate of drug-likeness (QED) is 0.848. The van der Waals surface area contributed by atoms with Crippen molar-refractivity contribution in [2.45, 2.75) is 38.1 Å². The Morgan fingerprint density at radius 1 is 1.44 bits per heavy atom. The van der Waals surface area contributed by atoms with E-state index in [1.165, 1.54) is 4.90 Å². The van der Waals surface area contributed by atoms with E-state index in [1.807, 2.05) is 13.8 Å². The molecule has 1 aliphatic heterocycles. The molecule has 6 heteroatoms. The largest absolute Gasteiger partial charge is 0.480 e. The Hall–Kier alpha value is -0.910. The third kappa shape index (κ3) is 2.91. The predicted molar refractivity (Wildman–Crippen MR) is 68.4 cm³/mol. The van der Waals surface area contributed by atoms with Crippen LogP contribution in [0, 0.1) is 11.8 Å². The van der Waals surface area contributed by atoms with Gasteiger partial charge in [0.1, 0.15) is 6.04 Å². The van der Waals surface area contributed by atoms with Gasteiger partial charge >= 0.3 is 12.1 Å². The molecule has 0 aromatic rings. The average molecular weight is 273 g/mol. The van der Waals surface area contributed by atoms with E-state index in [-0.39, 0.29) is 11.3 Å². The van der Waals surface area contributed by atoms with Crippen molar-refractivity contribution in [3.63, 3.8) is 0 Å². The second kappa shape index (κ2) is 5.38. The van der Waals surface area contributed by atoms with Gasteiger partial charge in [-0.3, -0.25) is 4.90 Å². The third-order valence-electron chi connectivity index (χ3n) is 3.10. The third-order valence-corrected chi connectivity index (χ3v) is 4.56. The van der Waals surface area contributed by atoms with Gasteiger partial charge in [-0.15, -0.1) is 11.8 Å². The Balaban J connectivity index is 2.03. The zero-order valence-corrected chi connectivity index (χ0v) is 11.5. The SMILES string of the molecule is CC(C)COC(=O)N1C(C(=O)O)CSC1C1CC1. The van der Waals surface area contributed by atoms with Gasteiger partial charge in [-0.25, -0.2) is 9.59 Å². The van der Waals surface area contributed by atoms with Crippen molar-refractivity contribution in [2.75, 3.05) is 12.4 Å². The summed E-state index contributed by atoms with van der Waals surface area (Å²) < 4.78 is 5.19. The maximum Gasteiger partial charge on any atom is 0.411 e. The highest BCUT2D eigenvalue weighted by Crippen LogP contribution is 2.45. The van der Waals surface area contributed by atoms with Gasteiger partial charge in [0.05, 0.1) is 12.0 Å². The highest BCUT2D eigenvalue weighted by Gasteiger charge is 2.48. The second-order valence-electron chi connectivity index (χ2n) is 5.29. The molecule has 1 heterocycles. The first kappa shape index (κ1) is 13.5. The topological polar surface area (TPSA) is 66.8 Å². The number of hydrogen-bond donors (Lipinski definition) is 1. The predicted octanol–water partition coefficient (Wildman–Crippen LogP) is 2.02. The van der Waals surface area contributed by atoms with E-state index in [2.05, 4.69) is 0 Å². The van der Waals surface area contributed by atoms with Gasteiger partial charge in [0.25, 0.3) is 0 Å². The Kier molecular flexibility index (Phi) is 4.04. The molecule has 2 unspecified atom stereocenters. The lowest BCUT2D eigenvalue weighted by Gasteiger charge is -2.26. The van der Waals surface area contributed by atoms with Gasteiger partial charge in [-0.05, 0) is 24.7 Å². The van der Waals surface area contributed by atoms with Gasteiger partial charge in [0, 0.05) is 5.75 Å². The fourth-order valence-corrected chi connectivity index (χ4v) is 3.63. The normalized spacial score (nSPS) is 27.6. The Bertz CT molecular complexity index is 343. The van der Waals surface area contributed by atoms with E-state index in [0.29, 0.717) is 18.3 Å². The molecule has 0 bridgehead atoms. The lowest BCUT2D eigenvalue weighted by Crippen LogP contribution is -2.46. The van der Waals surface area contributed by atoms with Crippen molar-refractivity contribution in [2.24, 2.45) is 11.8 Å². The van der Waals surface area contributed by atoms with Gasteiger partial charge in [-0.1, -0.05) is 13.8 Å². The lowest BCUT2D eigenvalue weighted by molar-refractivity contribution is -0.141. The molecule has 1 saturated carbocycles. The fourth-order valence-electron chi connectivity index (χ4n) is 2.01. The molecule has 1 N–H and O–H groups in total. The van der Waals surface area contributed by atoms with Crippen molar-refractivity contribution in [1.82, 2.24) is 4.90 Å². The smallest absolute Gasteiger partial charge is 0.411 e. The molecule has 0 spiro atoms. The second-order valence-corrected chi connectivity index (χ2v) is 6.44. The van der Waals surface area contributed by atoms with Crippen molar-refractivity contribution in [1.29, 1.82) is 0 Å². The van der Waals surface area contributed by atoms with E-state index in [9.17, 15) is 9.59 Å². The molecule has 2 atom stereocenters. The van der Waals surface area contributed by atoms with Crippen LogP contribution in [-0.4, -0.2) is 45.8 Å². The zero-order chi connectivity index (χ0) is 13.3. The summed E-state index contributed by atoms with van der Waals surface area (Å²) in [6.07, 6.45) is 1.69. The molecule has 0 radical (unpaired) electrons. The minimum atomic E-state index is -0.938. The number of amides is 1. The Labute approximate surface area is 111 Å². The summed E-state index contributed by atoms with van der Waals surface area (Å²) in [4.78, 5) is 24.7. The van der Waals surface area contributed by atoms with Crippen LogP contribution in [0.2, 0.25) is 0 Å². The number of carboxylic acid groups (broad SMARTS) is 1. The van der Waals surface area contributed by atoms with Crippen molar-refractivity contribution >= 4 is 23.8 Å². The molecule has 1 aliphatic carbocycles. The molecular formula is C12H19NO4S.